The molecule has 0 aliphatic rings. The summed E-state index contributed by atoms with van der Waals surface area (Å²) >= 11 is 5.81. The lowest BCUT2D eigenvalue weighted by molar-refractivity contribution is -0.160. The standard InChI is InChI=1S/C15H15ClO5/c1-2-20-15(19)14(18)13(17)12-8-7-11(21-12)9-3-5-10(16)6-4-9/h3-8,13-14,17-18H,2H2,1H3. The van der Waals surface area contributed by atoms with Crippen molar-refractivity contribution < 1.29 is 24.2 Å². The summed E-state index contributed by atoms with van der Waals surface area (Å²) in [5, 5.41) is 20.2. The average molecular weight is 311 g/mol. The van der Waals surface area contributed by atoms with Gasteiger partial charge in [0.1, 0.15) is 17.6 Å². The average Bonchev–Trinajstić information content (AvgIpc) is 2.96. The van der Waals surface area contributed by atoms with E-state index in [9.17, 15) is 15.0 Å². The maximum atomic E-state index is 11.4. The highest BCUT2D eigenvalue weighted by atomic mass is 35.5. The normalized spacial score (nSPS) is 13.7. The minimum atomic E-state index is -1.69. The molecule has 2 unspecified atom stereocenters. The van der Waals surface area contributed by atoms with Gasteiger partial charge in [0.25, 0.3) is 0 Å². The number of hydrogen-bond acceptors (Lipinski definition) is 5. The van der Waals surface area contributed by atoms with Gasteiger partial charge in [-0.2, -0.15) is 0 Å². The molecule has 112 valence electrons. The minimum absolute atomic E-state index is 0.0838. The third-order valence-electron chi connectivity index (χ3n) is 2.87. The van der Waals surface area contributed by atoms with E-state index in [1.165, 1.54) is 6.07 Å². The summed E-state index contributed by atoms with van der Waals surface area (Å²) < 4.78 is 10.1. The van der Waals surface area contributed by atoms with E-state index in [2.05, 4.69) is 4.74 Å². The lowest BCUT2D eigenvalue weighted by atomic mass is 10.1. The molecule has 0 spiro atoms. The molecule has 1 aromatic heterocycles. The predicted octanol–water partition coefficient (Wildman–Crippen LogP) is 2.56. The number of carbonyl (C=O) groups excluding carboxylic acids is 1. The van der Waals surface area contributed by atoms with Gasteiger partial charge in [-0.25, -0.2) is 4.79 Å². The van der Waals surface area contributed by atoms with E-state index in [-0.39, 0.29) is 12.4 Å². The van der Waals surface area contributed by atoms with Gasteiger partial charge in [-0.1, -0.05) is 11.6 Å². The Hall–Kier alpha value is -1.82. The monoisotopic (exact) mass is 310 g/mol. The van der Waals surface area contributed by atoms with Crippen LogP contribution in [0.1, 0.15) is 18.8 Å². The molecular weight excluding hydrogens is 296 g/mol. The van der Waals surface area contributed by atoms with Gasteiger partial charge in [0, 0.05) is 10.6 Å². The zero-order chi connectivity index (χ0) is 15.4. The fraction of sp³-hybridized carbons (Fsp3) is 0.267. The van der Waals surface area contributed by atoms with Crippen LogP contribution >= 0.6 is 11.6 Å². The Balaban J connectivity index is 2.15. The van der Waals surface area contributed by atoms with Crippen LogP contribution in [-0.4, -0.2) is 28.9 Å². The molecule has 0 amide bonds. The van der Waals surface area contributed by atoms with Gasteiger partial charge in [-0.3, -0.25) is 0 Å². The summed E-state index contributed by atoms with van der Waals surface area (Å²) in [6.07, 6.45) is -3.17. The lowest BCUT2D eigenvalue weighted by Gasteiger charge is -2.14. The molecule has 0 fully saturated rings. The highest BCUT2D eigenvalue weighted by molar-refractivity contribution is 6.30. The second-order valence-electron chi connectivity index (χ2n) is 4.35. The number of hydrogen-bond donors (Lipinski definition) is 2. The number of halogens is 1. The van der Waals surface area contributed by atoms with Crippen molar-refractivity contribution in [3.05, 3.63) is 47.2 Å². The zero-order valence-corrected chi connectivity index (χ0v) is 12.1. The number of aliphatic hydroxyl groups is 2. The Kier molecular flexibility index (Phi) is 5.01. The van der Waals surface area contributed by atoms with E-state index in [1.807, 2.05) is 0 Å². The van der Waals surface area contributed by atoms with Gasteiger partial charge >= 0.3 is 5.97 Å². The van der Waals surface area contributed by atoms with E-state index in [4.69, 9.17) is 16.0 Å². The zero-order valence-electron chi connectivity index (χ0n) is 11.3. The van der Waals surface area contributed by atoms with E-state index in [0.29, 0.717) is 10.8 Å². The van der Waals surface area contributed by atoms with Crippen molar-refractivity contribution in [3.8, 4) is 11.3 Å². The van der Waals surface area contributed by atoms with Crippen LogP contribution in [-0.2, 0) is 9.53 Å². The molecule has 2 N–H and O–H groups in total. The van der Waals surface area contributed by atoms with Crippen LogP contribution in [0.15, 0.2) is 40.8 Å². The Morgan fingerprint density at radius 1 is 1.24 bits per heavy atom. The van der Waals surface area contributed by atoms with Crippen LogP contribution < -0.4 is 0 Å². The van der Waals surface area contributed by atoms with Crippen molar-refractivity contribution in [2.24, 2.45) is 0 Å². The third-order valence-corrected chi connectivity index (χ3v) is 3.13. The first-order valence-corrected chi connectivity index (χ1v) is 6.79. The number of ether oxygens (including phenoxy) is 1. The van der Waals surface area contributed by atoms with Crippen LogP contribution in [0.4, 0.5) is 0 Å². The molecule has 1 aromatic carbocycles. The first kappa shape index (κ1) is 15.6. The molecule has 1 heterocycles. The van der Waals surface area contributed by atoms with Crippen LogP contribution in [0, 0.1) is 0 Å². The molecule has 0 aliphatic heterocycles. The van der Waals surface area contributed by atoms with Crippen molar-refractivity contribution >= 4 is 17.6 Å². The number of aliphatic hydroxyl groups excluding tert-OH is 2. The molecule has 0 saturated carbocycles. The number of furan rings is 1. The van der Waals surface area contributed by atoms with E-state index in [0.717, 1.165) is 5.56 Å². The topological polar surface area (TPSA) is 79.9 Å². The number of benzene rings is 1. The number of carbonyl (C=O) groups is 1. The maximum absolute atomic E-state index is 11.4. The maximum Gasteiger partial charge on any atom is 0.338 e. The van der Waals surface area contributed by atoms with Gasteiger partial charge in [-0.05, 0) is 43.3 Å². The largest absolute Gasteiger partial charge is 0.464 e. The summed E-state index contributed by atoms with van der Waals surface area (Å²) in [7, 11) is 0. The quantitative estimate of drug-likeness (QED) is 0.830. The molecule has 0 bridgehead atoms. The van der Waals surface area contributed by atoms with Crippen molar-refractivity contribution in [3.63, 3.8) is 0 Å². The minimum Gasteiger partial charge on any atom is -0.464 e. The van der Waals surface area contributed by atoms with Crippen LogP contribution in [0.3, 0.4) is 0 Å². The first-order chi connectivity index (χ1) is 10.0. The van der Waals surface area contributed by atoms with Gasteiger partial charge in [-0.15, -0.1) is 0 Å². The van der Waals surface area contributed by atoms with E-state index < -0.39 is 18.2 Å². The summed E-state index contributed by atoms with van der Waals surface area (Å²) in [5.41, 5.74) is 0.767. The Labute approximate surface area is 126 Å². The summed E-state index contributed by atoms with van der Waals surface area (Å²) in [5.74, 6) is -0.313. The molecule has 2 aromatic rings. The fourth-order valence-corrected chi connectivity index (χ4v) is 1.92. The van der Waals surface area contributed by atoms with Crippen LogP contribution in [0.25, 0.3) is 11.3 Å². The molecule has 21 heavy (non-hydrogen) atoms. The van der Waals surface area contributed by atoms with Gasteiger partial charge in [0.05, 0.1) is 6.61 Å². The molecule has 0 saturated heterocycles. The van der Waals surface area contributed by atoms with Crippen molar-refractivity contribution in [2.75, 3.05) is 6.61 Å². The van der Waals surface area contributed by atoms with Gasteiger partial charge in [0.15, 0.2) is 6.10 Å². The molecule has 2 rings (SSSR count). The second-order valence-corrected chi connectivity index (χ2v) is 4.79. The smallest absolute Gasteiger partial charge is 0.338 e. The van der Waals surface area contributed by atoms with E-state index in [1.54, 1.807) is 37.3 Å². The molecular formula is C15H15ClO5. The summed E-state index contributed by atoms with van der Waals surface area (Å²) in [6.45, 7) is 1.74. The van der Waals surface area contributed by atoms with E-state index >= 15 is 0 Å². The van der Waals surface area contributed by atoms with Crippen LogP contribution in [0.5, 0.6) is 0 Å². The van der Waals surface area contributed by atoms with Gasteiger partial charge in [0.2, 0.25) is 0 Å². The SMILES string of the molecule is CCOC(=O)C(O)C(O)c1ccc(-c2ccc(Cl)cc2)o1. The molecule has 0 radical (unpaired) electrons. The van der Waals surface area contributed by atoms with Crippen molar-refractivity contribution in [1.82, 2.24) is 0 Å². The van der Waals surface area contributed by atoms with Crippen LogP contribution in [0.2, 0.25) is 5.02 Å². The highest BCUT2D eigenvalue weighted by Gasteiger charge is 2.29. The third kappa shape index (κ3) is 3.64. The molecule has 0 aliphatic carbocycles. The molecule has 6 heteroatoms. The summed E-state index contributed by atoms with van der Waals surface area (Å²) in [4.78, 5) is 11.4. The highest BCUT2D eigenvalue weighted by Crippen LogP contribution is 2.28. The number of rotatable bonds is 5. The second kappa shape index (κ2) is 6.76. The van der Waals surface area contributed by atoms with Crippen molar-refractivity contribution in [2.45, 2.75) is 19.1 Å². The Morgan fingerprint density at radius 3 is 2.52 bits per heavy atom. The molecule has 5 nitrogen and oxygen atoms in total. The first-order valence-electron chi connectivity index (χ1n) is 6.41. The van der Waals surface area contributed by atoms with Gasteiger partial charge < -0.3 is 19.4 Å². The summed E-state index contributed by atoms with van der Waals surface area (Å²) in [6, 6.07) is 10.1. The molecule has 2 atom stereocenters. The number of esters is 1. The lowest BCUT2D eigenvalue weighted by Crippen LogP contribution is -2.29. The Bertz CT molecular complexity index is 605. The fourth-order valence-electron chi connectivity index (χ4n) is 1.79. The van der Waals surface area contributed by atoms with Crippen molar-refractivity contribution in [1.29, 1.82) is 0 Å². The predicted molar refractivity (Wildman–Crippen MR) is 76.8 cm³/mol. The Morgan fingerprint density at radius 2 is 1.90 bits per heavy atom.